The third kappa shape index (κ3) is 3.08. The molecule has 0 aliphatic carbocycles. The van der Waals surface area contributed by atoms with Gasteiger partial charge in [0.15, 0.2) is 0 Å². The molecule has 5 nitrogen and oxygen atoms in total. The minimum Gasteiger partial charge on any atom is -0.341 e. The second kappa shape index (κ2) is 5.90. The average Bonchev–Trinajstić information content (AvgIpc) is 2.95. The van der Waals surface area contributed by atoms with E-state index in [4.69, 9.17) is 5.73 Å². The van der Waals surface area contributed by atoms with E-state index in [0.29, 0.717) is 19.5 Å². The number of likely N-dealkylation sites (tertiary alicyclic amines) is 2. The number of carbonyl (C=O) groups excluding carboxylic acids is 2. The maximum absolute atomic E-state index is 12.4. The molecule has 3 atom stereocenters. The standard InChI is InChI=1S/C14H25N3O2/c1-3-4-10(2)17-8-11(7-13(17)18)14(19)16-6-5-12(15)9-16/h10-12H,3-9,15H2,1-2H3/t10?,11?,12-/m1/s1. The number of amides is 2. The van der Waals surface area contributed by atoms with E-state index in [9.17, 15) is 9.59 Å². The highest BCUT2D eigenvalue weighted by Gasteiger charge is 2.39. The lowest BCUT2D eigenvalue weighted by Crippen LogP contribution is -2.39. The molecule has 2 fully saturated rings. The van der Waals surface area contributed by atoms with Gasteiger partial charge in [-0.3, -0.25) is 9.59 Å². The predicted octanol–water partition coefficient (Wildman–Crippen LogP) is 0.583. The summed E-state index contributed by atoms with van der Waals surface area (Å²) in [6.45, 7) is 6.17. The summed E-state index contributed by atoms with van der Waals surface area (Å²) in [5.74, 6) is 0.0902. The fourth-order valence-electron chi connectivity index (χ4n) is 3.14. The van der Waals surface area contributed by atoms with E-state index in [2.05, 4.69) is 13.8 Å². The quantitative estimate of drug-likeness (QED) is 0.810. The monoisotopic (exact) mass is 267 g/mol. The fourth-order valence-corrected chi connectivity index (χ4v) is 3.14. The third-order valence-corrected chi connectivity index (χ3v) is 4.28. The number of nitrogens with two attached hydrogens (primary N) is 1. The van der Waals surface area contributed by atoms with E-state index in [0.717, 1.165) is 25.8 Å². The Morgan fingerprint density at radius 3 is 2.79 bits per heavy atom. The Kier molecular flexibility index (Phi) is 4.45. The first-order valence-corrected chi connectivity index (χ1v) is 7.36. The lowest BCUT2D eigenvalue weighted by atomic mass is 10.1. The molecule has 0 aromatic heterocycles. The molecule has 2 aliphatic rings. The van der Waals surface area contributed by atoms with Crippen LogP contribution < -0.4 is 5.73 Å². The van der Waals surface area contributed by atoms with Gasteiger partial charge in [0.2, 0.25) is 11.8 Å². The number of carbonyl (C=O) groups is 2. The van der Waals surface area contributed by atoms with Gasteiger partial charge >= 0.3 is 0 Å². The second-order valence-electron chi connectivity index (χ2n) is 5.92. The smallest absolute Gasteiger partial charge is 0.228 e. The molecule has 0 saturated carbocycles. The molecule has 2 aliphatic heterocycles. The second-order valence-corrected chi connectivity index (χ2v) is 5.92. The van der Waals surface area contributed by atoms with Crippen LogP contribution in [0.2, 0.25) is 0 Å². The largest absolute Gasteiger partial charge is 0.341 e. The van der Waals surface area contributed by atoms with Gasteiger partial charge < -0.3 is 15.5 Å². The van der Waals surface area contributed by atoms with Crippen molar-refractivity contribution in [1.82, 2.24) is 9.80 Å². The van der Waals surface area contributed by atoms with Crippen LogP contribution in [0.4, 0.5) is 0 Å². The Hall–Kier alpha value is -1.10. The molecular formula is C14H25N3O2. The topological polar surface area (TPSA) is 66.6 Å². The molecule has 0 spiro atoms. The summed E-state index contributed by atoms with van der Waals surface area (Å²) in [6, 6.07) is 0.354. The van der Waals surface area contributed by atoms with E-state index in [1.165, 1.54) is 0 Å². The van der Waals surface area contributed by atoms with Crippen molar-refractivity contribution in [2.45, 2.75) is 51.6 Å². The molecule has 0 radical (unpaired) electrons. The fraction of sp³-hybridized carbons (Fsp3) is 0.857. The van der Waals surface area contributed by atoms with Crippen LogP contribution in [0.3, 0.4) is 0 Å². The van der Waals surface area contributed by atoms with Crippen LogP contribution >= 0.6 is 0 Å². The van der Waals surface area contributed by atoms with Gasteiger partial charge in [0.25, 0.3) is 0 Å². The summed E-state index contributed by atoms with van der Waals surface area (Å²) < 4.78 is 0. The average molecular weight is 267 g/mol. The number of rotatable bonds is 4. The van der Waals surface area contributed by atoms with Gasteiger partial charge in [-0.2, -0.15) is 0 Å². The first-order valence-electron chi connectivity index (χ1n) is 7.36. The van der Waals surface area contributed by atoms with E-state index in [1.54, 1.807) is 0 Å². The van der Waals surface area contributed by atoms with Crippen molar-refractivity contribution in [3.8, 4) is 0 Å². The van der Waals surface area contributed by atoms with Crippen LogP contribution in [-0.2, 0) is 9.59 Å². The molecule has 19 heavy (non-hydrogen) atoms. The molecular weight excluding hydrogens is 242 g/mol. The van der Waals surface area contributed by atoms with Gasteiger partial charge in [-0.25, -0.2) is 0 Å². The molecule has 2 rings (SSSR count). The molecule has 5 heteroatoms. The summed E-state index contributed by atoms with van der Waals surface area (Å²) in [6.07, 6.45) is 3.31. The molecule has 108 valence electrons. The Morgan fingerprint density at radius 2 is 2.21 bits per heavy atom. The Balaban J connectivity index is 1.93. The van der Waals surface area contributed by atoms with Crippen molar-refractivity contribution in [3.05, 3.63) is 0 Å². The van der Waals surface area contributed by atoms with Crippen molar-refractivity contribution in [2.75, 3.05) is 19.6 Å². The molecule has 2 amide bonds. The van der Waals surface area contributed by atoms with Crippen molar-refractivity contribution >= 4 is 11.8 Å². The van der Waals surface area contributed by atoms with Crippen molar-refractivity contribution < 1.29 is 9.59 Å². The summed E-state index contributed by atoms with van der Waals surface area (Å²) in [4.78, 5) is 28.1. The Bertz CT molecular complexity index is 359. The first kappa shape index (κ1) is 14.3. The molecule has 0 aromatic carbocycles. The lowest BCUT2D eigenvalue weighted by molar-refractivity contribution is -0.134. The van der Waals surface area contributed by atoms with Gasteiger partial charge in [0, 0.05) is 38.1 Å². The summed E-state index contributed by atoms with van der Waals surface area (Å²) in [5, 5.41) is 0. The van der Waals surface area contributed by atoms with E-state index in [1.807, 2.05) is 9.80 Å². The SMILES string of the molecule is CCCC(C)N1CC(C(=O)N2CC[C@@H](N)C2)CC1=O. The molecule has 2 heterocycles. The van der Waals surface area contributed by atoms with Crippen molar-refractivity contribution in [1.29, 1.82) is 0 Å². The first-order chi connectivity index (χ1) is 9.02. The number of hydrogen-bond acceptors (Lipinski definition) is 3. The highest BCUT2D eigenvalue weighted by molar-refractivity contribution is 5.89. The van der Waals surface area contributed by atoms with Gasteiger partial charge in [0.05, 0.1) is 5.92 Å². The lowest BCUT2D eigenvalue weighted by Gasteiger charge is -2.25. The summed E-state index contributed by atoms with van der Waals surface area (Å²) >= 11 is 0. The zero-order valence-electron chi connectivity index (χ0n) is 12.0. The van der Waals surface area contributed by atoms with E-state index < -0.39 is 0 Å². The zero-order chi connectivity index (χ0) is 14.0. The van der Waals surface area contributed by atoms with Gasteiger partial charge in [0.1, 0.15) is 0 Å². The number of hydrogen-bond donors (Lipinski definition) is 1. The minimum absolute atomic E-state index is 0.108. The molecule has 2 N–H and O–H groups in total. The van der Waals surface area contributed by atoms with Gasteiger partial charge in [-0.05, 0) is 19.8 Å². The molecule has 2 saturated heterocycles. The minimum atomic E-state index is -0.155. The Labute approximate surface area is 115 Å². The van der Waals surface area contributed by atoms with Crippen molar-refractivity contribution in [3.63, 3.8) is 0 Å². The molecule has 2 unspecified atom stereocenters. The zero-order valence-corrected chi connectivity index (χ0v) is 12.0. The highest BCUT2D eigenvalue weighted by Crippen LogP contribution is 2.25. The maximum atomic E-state index is 12.4. The molecule has 0 aromatic rings. The van der Waals surface area contributed by atoms with Crippen LogP contribution in [0, 0.1) is 5.92 Å². The number of nitrogens with zero attached hydrogens (tertiary/aromatic N) is 2. The van der Waals surface area contributed by atoms with Crippen LogP contribution in [0.1, 0.15) is 39.5 Å². The van der Waals surface area contributed by atoms with E-state index >= 15 is 0 Å². The Morgan fingerprint density at radius 1 is 1.47 bits per heavy atom. The normalized spacial score (nSPS) is 29.1. The van der Waals surface area contributed by atoms with Crippen molar-refractivity contribution in [2.24, 2.45) is 11.7 Å². The third-order valence-electron chi connectivity index (χ3n) is 4.28. The predicted molar refractivity (Wildman–Crippen MR) is 73.4 cm³/mol. The van der Waals surface area contributed by atoms with Gasteiger partial charge in [-0.15, -0.1) is 0 Å². The van der Waals surface area contributed by atoms with Crippen LogP contribution in [-0.4, -0.2) is 53.3 Å². The summed E-state index contributed by atoms with van der Waals surface area (Å²) in [7, 11) is 0. The highest BCUT2D eigenvalue weighted by atomic mass is 16.2. The summed E-state index contributed by atoms with van der Waals surface area (Å²) in [5.41, 5.74) is 5.83. The van der Waals surface area contributed by atoms with Crippen LogP contribution in [0.25, 0.3) is 0 Å². The maximum Gasteiger partial charge on any atom is 0.228 e. The molecule has 0 bridgehead atoms. The van der Waals surface area contributed by atoms with E-state index in [-0.39, 0.29) is 29.8 Å². The van der Waals surface area contributed by atoms with Gasteiger partial charge in [-0.1, -0.05) is 13.3 Å². The van der Waals surface area contributed by atoms with Crippen LogP contribution in [0.5, 0.6) is 0 Å². The van der Waals surface area contributed by atoms with Crippen LogP contribution in [0.15, 0.2) is 0 Å².